The van der Waals surface area contributed by atoms with E-state index in [1.807, 2.05) is 0 Å². The fraction of sp³-hybridized carbons (Fsp3) is 0. The Balaban J connectivity index is -0.000000107. The van der Waals surface area contributed by atoms with Gasteiger partial charge in [-0.3, -0.25) is 0 Å². The van der Waals surface area contributed by atoms with Crippen LogP contribution in [0.25, 0.3) is 0 Å². The van der Waals surface area contributed by atoms with E-state index in [0.29, 0.717) is 0 Å². The first-order chi connectivity index (χ1) is 4.00. The molecule has 70 valence electrons. The van der Waals surface area contributed by atoms with E-state index in [1.165, 1.54) is 0 Å². The Morgan fingerprint density at radius 2 is 0.455 bits per heavy atom. The van der Waals surface area contributed by atoms with Crippen molar-refractivity contribution in [3.63, 3.8) is 0 Å². The Labute approximate surface area is 82.6 Å². The molecule has 0 aliphatic carbocycles. The van der Waals surface area contributed by atoms with Crippen LogP contribution in [0.2, 0.25) is 0 Å². The number of hydrogen-bond acceptors (Lipinski definition) is 8. The van der Waals surface area contributed by atoms with Gasteiger partial charge in [0, 0.05) is 17.4 Å². The van der Waals surface area contributed by atoms with Crippen molar-refractivity contribution in [2.24, 2.45) is 0 Å². The van der Waals surface area contributed by atoms with Crippen LogP contribution in [0.5, 0.6) is 0 Å². The summed E-state index contributed by atoms with van der Waals surface area (Å²) >= 11 is -10.0. The third-order valence-corrected chi connectivity index (χ3v) is 0. The molecule has 0 unspecified atom stereocenters. The van der Waals surface area contributed by atoms with Crippen LogP contribution in [-0.4, -0.2) is 29.5 Å². The van der Waals surface area contributed by atoms with E-state index in [1.54, 1.807) is 0 Å². The summed E-state index contributed by atoms with van der Waals surface area (Å²) in [4.78, 5) is 0. The Kier molecular flexibility index (Phi) is 11.9. The fourth-order valence-electron chi connectivity index (χ4n) is 0. The molecule has 0 saturated heterocycles. The molecule has 11 heteroatoms. The minimum atomic E-state index is -5.00. The normalized spacial score (nSPS) is 10.9. The molecule has 0 bridgehead atoms. The van der Waals surface area contributed by atoms with Crippen molar-refractivity contribution in [2.45, 2.75) is 0 Å². The van der Waals surface area contributed by atoms with Gasteiger partial charge in [-0.1, -0.05) is 0 Å². The van der Waals surface area contributed by atoms with Crippen LogP contribution >= 0.6 is 0 Å². The Hall–Kier alpha value is 1.64. The van der Waals surface area contributed by atoms with Crippen LogP contribution in [0.4, 0.5) is 0 Å². The predicted octanol–water partition coefficient (Wildman–Crippen LogP) is -4.46. The van der Waals surface area contributed by atoms with Crippen LogP contribution in [0, 0.1) is 0 Å². The molecule has 8 nitrogen and oxygen atoms in total. The third kappa shape index (κ3) is 402. The summed E-state index contributed by atoms with van der Waals surface area (Å²) in [6, 6.07) is 0. The second-order valence-corrected chi connectivity index (χ2v) is 4.95. The quantitative estimate of drug-likeness (QED) is 0.206. The van der Waals surface area contributed by atoms with E-state index in [4.69, 9.17) is 29.5 Å². The molecule has 0 heterocycles. The van der Waals surface area contributed by atoms with Gasteiger partial charge in [0.15, 0.2) is 0 Å². The average molecular weight is 284 g/mol. The summed E-state index contributed by atoms with van der Waals surface area (Å²) < 4.78 is 59.0. The van der Waals surface area contributed by atoms with Crippen LogP contribution < -0.4 is 0 Å². The molecule has 0 radical (unpaired) electrons. The SMILES string of the molecule is [Cr].[OH][Ti]([OH])([OH])[OH].[OH][Ti]([OH])([OH])[OH]. The molecule has 0 amide bonds. The first-order valence-corrected chi connectivity index (χ1v) is 7.38. The zero-order valence-corrected chi connectivity index (χ0v) is 9.38. The van der Waals surface area contributed by atoms with Crippen molar-refractivity contribution in [2.75, 3.05) is 0 Å². The molecule has 0 aromatic heterocycles. The topological polar surface area (TPSA) is 162 Å². The standard InChI is InChI=1S/Cr.8H2O.2Ti/h;8*1H2;;/q;;;;;;;;;2*+4/p-8. The van der Waals surface area contributed by atoms with E-state index < -0.39 is 36.3 Å². The molecular formula is H8CrO8Ti2. The zero-order chi connectivity index (χ0) is 9.00. The maximum atomic E-state index is 7.38. The number of rotatable bonds is 0. The van der Waals surface area contributed by atoms with Gasteiger partial charge in [0.05, 0.1) is 0 Å². The summed E-state index contributed by atoms with van der Waals surface area (Å²) in [5.41, 5.74) is 0. The molecule has 0 aromatic carbocycles. The van der Waals surface area contributed by atoms with Gasteiger partial charge >= 0.3 is 65.8 Å². The molecule has 0 spiro atoms. The Morgan fingerprint density at radius 1 is 0.455 bits per heavy atom. The average Bonchev–Trinajstić information content (AvgIpc) is 1.12. The van der Waals surface area contributed by atoms with E-state index in [9.17, 15) is 0 Å². The molecule has 0 saturated carbocycles. The molecule has 0 atom stereocenters. The van der Waals surface area contributed by atoms with Gasteiger partial charge in [-0.25, -0.2) is 0 Å². The molecule has 0 aliphatic rings. The van der Waals surface area contributed by atoms with Crippen molar-refractivity contribution in [1.29, 1.82) is 0 Å². The van der Waals surface area contributed by atoms with Gasteiger partial charge in [0.1, 0.15) is 0 Å². The van der Waals surface area contributed by atoms with Gasteiger partial charge < -0.3 is 0 Å². The van der Waals surface area contributed by atoms with Crippen molar-refractivity contribution < 1.29 is 83.1 Å². The Morgan fingerprint density at radius 3 is 0.455 bits per heavy atom. The predicted molar refractivity (Wildman–Crippen MR) is 17.8 cm³/mol. The van der Waals surface area contributed by atoms with Crippen molar-refractivity contribution in [1.82, 2.24) is 0 Å². The van der Waals surface area contributed by atoms with Crippen LogP contribution in [-0.2, 0) is 53.6 Å². The van der Waals surface area contributed by atoms with Crippen molar-refractivity contribution in [3.05, 3.63) is 0 Å². The van der Waals surface area contributed by atoms with Crippen LogP contribution in [0.15, 0.2) is 0 Å². The van der Waals surface area contributed by atoms with Gasteiger partial charge in [-0.15, -0.1) is 0 Å². The summed E-state index contributed by atoms with van der Waals surface area (Å²) in [5, 5.41) is 0. The van der Waals surface area contributed by atoms with Gasteiger partial charge in [-0.05, 0) is 0 Å². The first-order valence-electron chi connectivity index (χ1n) is 1.79. The van der Waals surface area contributed by atoms with E-state index in [2.05, 4.69) is 0 Å². The first kappa shape index (κ1) is 18.4. The summed E-state index contributed by atoms with van der Waals surface area (Å²) in [7, 11) is 0. The maximum absolute atomic E-state index is 7.38. The molecular weight excluding hydrogens is 276 g/mol. The van der Waals surface area contributed by atoms with E-state index in [0.717, 1.165) is 0 Å². The molecule has 0 rings (SSSR count). The Bertz CT molecular complexity index is 55.1. The van der Waals surface area contributed by atoms with Crippen LogP contribution in [0.1, 0.15) is 0 Å². The monoisotopic (exact) mass is 284 g/mol. The van der Waals surface area contributed by atoms with Gasteiger partial charge in [0.25, 0.3) is 0 Å². The van der Waals surface area contributed by atoms with Crippen molar-refractivity contribution >= 4 is 0 Å². The molecule has 0 fully saturated rings. The van der Waals surface area contributed by atoms with Crippen LogP contribution in [0.3, 0.4) is 0 Å². The van der Waals surface area contributed by atoms with Gasteiger partial charge in [0.2, 0.25) is 0 Å². The summed E-state index contributed by atoms with van der Waals surface area (Å²) in [6.45, 7) is 0. The minimum absolute atomic E-state index is 0. The molecule has 11 heavy (non-hydrogen) atoms. The van der Waals surface area contributed by atoms with E-state index in [-0.39, 0.29) is 17.4 Å². The van der Waals surface area contributed by atoms with E-state index >= 15 is 0 Å². The molecule has 0 aliphatic heterocycles. The number of hydrogen-bond donors (Lipinski definition) is 8. The fourth-order valence-corrected chi connectivity index (χ4v) is 0. The molecule has 0 aromatic rings. The summed E-state index contributed by atoms with van der Waals surface area (Å²) in [6.07, 6.45) is 0. The third-order valence-electron chi connectivity index (χ3n) is 0. The zero-order valence-electron chi connectivity index (χ0n) is 4.99. The second kappa shape index (κ2) is 7.08. The second-order valence-electron chi connectivity index (χ2n) is 1.20. The summed E-state index contributed by atoms with van der Waals surface area (Å²) in [5.74, 6) is 0. The van der Waals surface area contributed by atoms with Gasteiger partial charge in [-0.2, -0.15) is 0 Å². The molecule has 8 N–H and O–H groups in total. The van der Waals surface area contributed by atoms with Crippen molar-refractivity contribution in [3.8, 4) is 0 Å².